The number of nitrogens with one attached hydrogen (secondary N) is 1. The molecule has 1 aromatic heterocycles. The Morgan fingerprint density at radius 3 is 2.68 bits per heavy atom. The van der Waals surface area contributed by atoms with Gasteiger partial charge in [-0.05, 0) is 42.5 Å². The normalized spacial score (nSPS) is 22.4. The molecule has 0 bridgehead atoms. The van der Waals surface area contributed by atoms with Crippen molar-refractivity contribution in [2.45, 2.75) is 44.7 Å². The molecule has 22 heavy (non-hydrogen) atoms. The minimum atomic E-state index is 0.301. The van der Waals surface area contributed by atoms with Gasteiger partial charge < -0.3 is 10.4 Å². The van der Waals surface area contributed by atoms with Crippen LogP contribution in [0.2, 0.25) is 0 Å². The molecule has 2 unspecified atom stereocenters. The number of aliphatic hydroxyl groups is 1. The Morgan fingerprint density at radius 1 is 1.14 bits per heavy atom. The molecular weight excluding hydrogens is 274 g/mol. The maximum atomic E-state index is 9.58. The number of hydrogen-bond acceptors (Lipinski definition) is 3. The molecule has 1 aliphatic rings. The lowest BCUT2D eigenvalue weighted by molar-refractivity contribution is 0.181. The second-order valence-electron chi connectivity index (χ2n) is 6.19. The molecule has 0 spiro atoms. The molecule has 4 heteroatoms. The third kappa shape index (κ3) is 3.76. The van der Waals surface area contributed by atoms with Gasteiger partial charge in [0.1, 0.15) is 0 Å². The maximum absolute atomic E-state index is 9.58. The zero-order valence-electron chi connectivity index (χ0n) is 13.0. The average Bonchev–Trinajstić information content (AvgIpc) is 3.00. The smallest absolute Gasteiger partial charge is 0.0645 e. The van der Waals surface area contributed by atoms with E-state index in [0.717, 1.165) is 18.7 Å². The van der Waals surface area contributed by atoms with E-state index < -0.39 is 0 Å². The van der Waals surface area contributed by atoms with Crippen LogP contribution in [-0.4, -0.2) is 27.5 Å². The van der Waals surface area contributed by atoms with Gasteiger partial charge >= 0.3 is 0 Å². The van der Waals surface area contributed by atoms with Gasteiger partial charge in [0.05, 0.1) is 5.69 Å². The lowest BCUT2D eigenvalue weighted by atomic mass is 9.95. The summed E-state index contributed by atoms with van der Waals surface area (Å²) < 4.78 is 1.87. The van der Waals surface area contributed by atoms with Crippen molar-refractivity contribution in [2.24, 2.45) is 5.92 Å². The quantitative estimate of drug-likeness (QED) is 0.835. The number of aromatic nitrogens is 2. The van der Waals surface area contributed by atoms with Gasteiger partial charge in [0.25, 0.3) is 0 Å². The number of benzene rings is 1. The van der Waals surface area contributed by atoms with E-state index in [1.165, 1.54) is 31.2 Å². The molecule has 0 saturated heterocycles. The highest BCUT2D eigenvalue weighted by Gasteiger charge is 2.22. The van der Waals surface area contributed by atoms with Crippen molar-refractivity contribution < 1.29 is 5.11 Å². The van der Waals surface area contributed by atoms with E-state index in [1.54, 1.807) is 6.20 Å². The van der Waals surface area contributed by atoms with Gasteiger partial charge in [-0.15, -0.1) is 0 Å². The summed E-state index contributed by atoms with van der Waals surface area (Å²) in [6.07, 6.45) is 9.88. The summed E-state index contributed by atoms with van der Waals surface area (Å²) >= 11 is 0. The molecule has 2 N–H and O–H groups in total. The zero-order chi connectivity index (χ0) is 15.2. The summed E-state index contributed by atoms with van der Waals surface area (Å²) in [6, 6.07) is 10.9. The Balaban J connectivity index is 1.58. The van der Waals surface area contributed by atoms with Gasteiger partial charge in [0.2, 0.25) is 0 Å². The van der Waals surface area contributed by atoms with E-state index in [4.69, 9.17) is 0 Å². The van der Waals surface area contributed by atoms with Gasteiger partial charge in [-0.2, -0.15) is 5.10 Å². The third-order valence-corrected chi connectivity index (χ3v) is 4.67. The van der Waals surface area contributed by atoms with E-state index >= 15 is 0 Å². The molecule has 118 valence electrons. The second-order valence-corrected chi connectivity index (χ2v) is 6.19. The van der Waals surface area contributed by atoms with E-state index in [1.807, 2.05) is 16.9 Å². The molecule has 1 aliphatic carbocycles. The van der Waals surface area contributed by atoms with Crippen LogP contribution in [-0.2, 0) is 6.54 Å². The largest absolute Gasteiger partial charge is 0.396 e. The van der Waals surface area contributed by atoms with E-state index in [2.05, 4.69) is 34.7 Å². The average molecular weight is 299 g/mol. The Hall–Kier alpha value is -1.65. The minimum absolute atomic E-state index is 0.301. The van der Waals surface area contributed by atoms with Crippen molar-refractivity contribution in [3.8, 4) is 5.69 Å². The molecular formula is C18H25N3O. The molecule has 4 nitrogen and oxygen atoms in total. The van der Waals surface area contributed by atoms with Gasteiger partial charge in [-0.1, -0.05) is 31.4 Å². The van der Waals surface area contributed by atoms with Gasteiger partial charge in [-0.25, -0.2) is 4.68 Å². The topological polar surface area (TPSA) is 50.1 Å². The molecule has 1 fully saturated rings. The monoisotopic (exact) mass is 299 g/mol. The predicted octanol–water partition coefficient (Wildman–Crippen LogP) is 2.90. The number of rotatable bonds is 5. The first-order chi connectivity index (χ1) is 10.9. The summed E-state index contributed by atoms with van der Waals surface area (Å²) in [5.41, 5.74) is 2.35. The van der Waals surface area contributed by atoms with Crippen molar-refractivity contribution >= 4 is 0 Å². The van der Waals surface area contributed by atoms with Crippen LogP contribution in [0, 0.1) is 5.92 Å². The first kappa shape index (κ1) is 15.3. The fraction of sp³-hybridized carbons (Fsp3) is 0.500. The van der Waals surface area contributed by atoms with Crippen LogP contribution in [0.15, 0.2) is 42.7 Å². The summed E-state index contributed by atoms with van der Waals surface area (Å²) in [4.78, 5) is 0. The van der Waals surface area contributed by atoms with Crippen LogP contribution >= 0.6 is 0 Å². The summed E-state index contributed by atoms with van der Waals surface area (Å²) in [6.45, 7) is 1.16. The molecule has 3 rings (SSSR count). The zero-order valence-corrected chi connectivity index (χ0v) is 13.0. The fourth-order valence-electron chi connectivity index (χ4n) is 3.31. The molecule has 0 radical (unpaired) electrons. The SMILES string of the molecule is OCC1CCCCCC1NCc1ccc(-n2cccn2)cc1. The van der Waals surface area contributed by atoms with Gasteiger partial charge in [0, 0.05) is 31.6 Å². The lowest BCUT2D eigenvalue weighted by Gasteiger charge is -2.24. The summed E-state index contributed by atoms with van der Waals surface area (Å²) in [5.74, 6) is 0.408. The molecule has 0 amide bonds. The Bertz CT molecular complexity index is 550. The molecule has 1 aromatic carbocycles. The first-order valence-electron chi connectivity index (χ1n) is 8.30. The predicted molar refractivity (Wildman–Crippen MR) is 87.9 cm³/mol. The number of aliphatic hydroxyl groups excluding tert-OH is 1. The van der Waals surface area contributed by atoms with E-state index in [-0.39, 0.29) is 0 Å². The number of hydrogen-bond donors (Lipinski definition) is 2. The standard InChI is InChI=1S/C18H25N3O/c22-14-16-5-2-1-3-6-18(16)19-13-15-7-9-17(10-8-15)21-12-4-11-20-21/h4,7-12,16,18-19,22H,1-3,5-6,13-14H2. The third-order valence-electron chi connectivity index (χ3n) is 4.67. The van der Waals surface area contributed by atoms with Crippen LogP contribution in [0.3, 0.4) is 0 Å². The van der Waals surface area contributed by atoms with Crippen molar-refractivity contribution in [2.75, 3.05) is 6.61 Å². The molecule has 1 saturated carbocycles. The molecule has 2 atom stereocenters. The highest BCUT2D eigenvalue weighted by Crippen LogP contribution is 2.23. The fourth-order valence-corrected chi connectivity index (χ4v) is 3.31. The molecule has 1 heterocycles. The van der Waals surface area contributed by atoms with Gasteiger partial charge in [0.15, 0.2) is 0 Å². The Morgan fingerprint density at radius 2 is 1.95 bits per heavy atom. The summed E-state index contributed by atoms with van der Waals surface area (Å²) in [5, 5.41) is 17.5. The van der Waals surface area contributed by atoms with Crippen molar-refractivity contribution in [3.05, 3.63) is 48.3 Å². The minimum Gasteiger partial charge on any atom is -0.396 e. The lowest BCUT2D eigenvalue weighted by Crippen LogP contribution is -2.36. The van der Waals surface area contributed by atoms with Crippen LogP contribution in [0.1, 0.15) is 37.7 Å². The molecule has 2 aromatic rings. The Kier molecular flexibility index (Phi) is 5.24. The molecule has 0 aliphatic heterocycles. The highest BCUT2D eigenvalue weighted by atomic mass is 16.3. The van der Waals surface area contributed by atoms with Crippen LogP contribution < -0.4 is 5.32 Å². The maximum Gasteiger partial charge on any atom is 0.0645 e. The summed E-state index contributed by atoms with van der Waals surface area (Å²) in [7, 11) is 0. The Labute approximate surface area is 132 Å². The van der Waals surface area contributed by atoms with Crippen molar-refractivity contribution in [1.29, 1.82) is 0 Å². The van der Waals surface area contributed by atoms with E-state index in [0.29, 0.717) is 18.6 Å². The van der Waals surface area contributed by atoms with Crippen LogP contribution in [0.25, 0.3) is 5.69 Å². The van der Waals surface area contributed by atoms with E-state index in [9.17, 15) is 5.11 Å². The first-order valence-corrected chi connectivity index (χ1v) is 8.30. The van der Waals surface area contributed by atoms with Crippen molar-refractivity contribution in [3.63, 3.8) is 0 Å². The van der Waals surface area contributed by atoms with Crippen LogP contribution in [0.4, 0.5) is 0 Å². The number of nitrogens with zero attached hydrogens (tertiary/aromatic N) is 2. The van der Waals surface area contributed by atoms with Crippen molar-refractivity contribution in [1.82, 2.24) is 15.1 Å². The van der Waals surface area contributed by atoms with Crippen LogP contribution in [0.5, 0.6) is 0 Å². The highest BCUT2D eigenvalue weighted by molar-refractivity contribution is 5.33. The van der Waals surface area contributed by atoms with Gasteiger partial charge in [-0.3, -0.25) is 0 Å². The second kappa shape index (κ2) is 7.56.